The van der Waals surface area contributed by atoms with Gasteiger partial charge in [0, 0.05) is 0 Å². The maximum absolute atomic E-state index is 11.5. The first-order valence-corrected chi connectivity index (χ1v) is 7.97. The number of hydrogen-bond acceptors (Lipinski definition) is 3. The van der Waals surface area contributed by atoms with Gasteiger partial charge in [0.15, 0.2) is 26.2 Å². The van der Waals surface area contributed by atoms with Crippen LogP contribution in [-0.2, 0) is 27.0 Å². The van der Waals surface area contributed by atoms with Crippen LogP contribution in [0.25, 0.3) is 0 Å². The number of rotatable bonds is 7. The zero-order valence-corrected chi connectivity index (χ0v) is 11.3. The predicted molar refractivity (Wildman–Crippen MR) is 65.5 cm³/mol. The van der Waals surface area contributed by atoms with Crippen molar-refractivity contribution in [3.63, 3.8) is 0 Å². The predicted octanol–water partition coefficient (Wildman–Crippen LogP) is 1.18. The van der Waals surface area contributed by atoms with E-state index in [1.807, 2.05) is 0 Å². The van der Waals surface area contributed by atoms with Gasteiger partial charge in [0.05, 0.1) is 6.42 Å². The average Bonchev–Trinajstić information content (AvgIpc) is 3.07. The maximum Gasteiger partial charge on any atom is 0.303 e. The van der Waals surface area contributed by atoms with E-state index in [1.165, 1.54) is 0 Å². The van der Waals surface area contributed by atoms with Gasteiger partial charge in [0.25, 0.3) is 0 Å². The summed E-state index contributed by atoms with van der Waals surface area (Å²) in [7, 11) is 0. The fraction of sp³-hybridized carbons (Fsp3) is 0.900. The fourth-order valence-electron chi connectivity index (χ4n) is 2.57. The van der Waals surface area contributed by atoms with Crippen LogP contribution < -0.4 is 0 Å². The Balaban J connectivity index is 2.23. The molecule has 8 heteroatoms. The highest BCUT2D eigenvalue weighted by atomic mass is 32.3. The summed E-state index contributed by atoms with van der Waals surface area (Å²) in [5.74, 6) is -1.22. The summed E-state index contributed by atoms with van der Waals surface area (Å²) in [6.45, 7) is 0. The lowest BCUT2D eigenvalue weighted by Crippen LogP contribution is -2.44. The van der Waals surface area contributed by atoms with E-state index in [9.17, 15) is 22.3 Å². The molecule has 0 saturated heterocycles. The van der Waals surface area contributed by atoms with E-state index in [-0.39, 0.29) is 18.8 Å². The van der Waals surface area contributed by atoms with E-state index < -0.39 is 37.6 Å². The molecule has 2 rings (SSSR count). The third kappa shape index (κ3) is 2.52. The fourth-order valence-corrected chi connectivity index (χ4v) is 4.96. The van der Waals surface area contributed by atoms with E-state index in [1.54, 1.807) is 0 Å². The Morgan fingerprint density at radius 1 is 1.22 bits per heavy atom. The minimum atomic E-state index is -2.42. The highest BCUT2D eigenvalue weighted by molar-refractivity contribution is 7.99. The highest BCUT2D eigenvalue weighted by Gasteiger charge is 2.61. The van der Waals surface area contributed by atoms with Crippen molar-refractivity contribution in [1.82, 2.24) is 0 Å². The zero-order chi connectivity index (χ0) is 13.6. The van der Waals surface area contributed by atoms with Crippen molar-refractivity contribution in [3.05, 3.63) is 0 Å². The number of carboxylic acids is 1. The second-order valence-corrected chi connectivity index (χ2v) is 8.04. The molecule has 2 saturated carbocycles. The largest absolute Gasteiger partial charge is 0.481 e. The zero-order valence-electron chi connectivity index (χ0n) is 9.70. The topological polar surface area (TPSA) is 112 Å². The van der Waals surface area contributed by atoms with E-state index in [4.69, 9.17) is 5.11 Å². The molecule has 0 aromatic rings. The number of hydrogen-bond donors (Lipinski definition) is 3. The molecule has 0 amide bonds. The molecule has 3 N–H and O–H groups in total. The molecule has 2 unspecified atom stereocenters. The Labute approximate surface area is 110 Å². The van der Waals surface area contributed by atoms with Gasteiger partial charge in [0.1, 0.15) is 0 Å². The van der Waals surface area contributed by atoms with Crippen LogP contribution in [0.4, 0.5) is 0 Å². The average molecular weight is 296 g/mol. The molecule has 2 aliphatic carbocycles. The summed E-state index contributed by atoms with van der Waals surface area (Å²) < 4.78 is 40.4. The molecule has 0 heterocycles. The van der Waals surface area contributed by atoms with Crippen molar-refractivity contribution in [3.8, 4) is 0 Å². The van der Waals surface area contributed by atoms with Crippen molar-refractivity contribution < 1.29 is 27.4 Å². The second kappa shape index (κ2) is 4.66. The van der Waals surface area contributed by atoms with Crippen molar-refractivity contribution in [2.75, 3.05) is 0 Å². The number of carbonyl (C=O) groups is 1. The Kier molecular flexibility index (Phi) is 3.65. The van der Waals surface area contributed by atoms with Crippen molar-refractivity contribution in [1.29, 1.82) is 0 Å². The summed E-state index contributed by atoms with van der Waals surface area (Å²) in [5, 5.41) is 8.84. The molecule has 18 heavy (non-hydrogen) atoms. The Bertz CT molecular complexity index is 399. The summed E-state index contributed by atoms with van der Waals surface area (Å²) in [6, 6.07) is 0. The first-order chi connectivity index (χ1) is 8.32. The Morgan fingerprint density at radius 2 is 1.72 bits per heavy atom. The third-order valence-electron chi connectivity index (χ3n) is 3.90. The van der Waals surface area contributed by atoms with Gasteiger partial charge < -0.3 is 14.2 Å². The summed E-state index contributed by atoms with van der Waals surface area (Å²) in [5.41, 5.74) is -0.564. The first-order valence-electron chi connectivity index (χ1n) is 5.76. The molecule has 0 aliphatic heterocycles. The van der Waals surface area contributed by atoms with Gasteiger partial charge >= 0.3 is 5.97 Å². The molecule has 2 fully saturated rings. The van der Waals surface area contributed by atoms with Crippen LogP contribution in [0.1, 0.15) is 38.5 Å². The molecule has 0 bridgehead atoms. The summed E-state index contributed by atoms with van der Waals surface area (Å²) in [4.78, 5) is 10.8. The lowest BCUT2D eigenvalue weighted by molar-refractivity contribution is -0.138. The minimum Gasteiger partial charge on any atom is -0.481 e. The third-order valence-corrected chi connectivity index (χ3v) is 6.89. The van der Waals surface area contributed by atoms with Gasteiger partial charge in [-0.1, -0.05) is 0 Å². The van der Waals surface area contributed by atoms with Crippen molar-refractivity contribution in [2.24, 2.45) is 11.3 Å². The SMILES string of the molecule is O=C(O)CC1(CC(C2CC2)(S(=O)O)S(=O)O)CC1. The van der Waals surface area contributed by atoms with Crippen LogP contribution in [0.15, 0.2) is 0 Å². The van der Waals surface area contributed by atoms with Gasteiger partial charge in [-0.15, -0.1) is 0 Å². The lowest BCUT2D eigenvalue weighted by atomic mass is 9.94. The van der Waals surface area contributed by atoms with Crippen molar-refractivity contribution in [2.45, 2.75) is 42.6 Å². The normalized spacial score (nSPS) is 28.1. The molecular weight excluding hydrogens is 280 g/mol. The maximum atomic E-state index is 11.5. The summed E-state index contributed by atoms with van der Waals surface area (Å²) >= 11 is -4.85. The molecule has 2 atom stereocenters. The summed E-state index contributed by atoms with van der Waals surface area (Å²) in [6.07, 6.45) is 2.53. The number of aliphatic carboxylic acids is 1. The van der Waals surface area contributed by atoms with Crippen LogP contribution in [0.5, 0.6) is 0 Å². The van der Waals surface area contributed by atoms with Crippen LogP contribution in [-0.4, -0.2) is 32.7 Å². The standard InChI is InChI=1S/C10H16O6S2/c11-8(12)5-9(3-4-9)6-10(17(13)14,18(15)16)7-1-2-7/h7H,1-6H2,(H,11,12)(H,13,14)(H,15,16). The molecule has 2 aliphatic rings. The first kappa shape index (κ1) is 14.1. The highest BCUT2D eigenvalue weighted by Crippen LogP contribution is 2.59. The quantitative estimate of drug-likeness (QED) is 0.608. The number of carboxylic acid groups (broad SMARTS) is 1. The second-order valence-electron chi connectivity index (χ2n) is 5.33. The van der Waals surface area contributed by atoms with Crippen LogP contribution >= 0.6 is 0 Å². The van der Waals surface area contributed by atoms with Gasteiger partial charge in [0.2, 0.25) is 0 Å². The molecule has 6 nitrogen and oxygen atoms in total. The molecule has 0 spiro atoms. The smallest absolute Gasteiger partial charge is 0.303 e. The van der Waals surface area contributed by atoms with E-state index >= 15 is 0 Å². The lowest BCUT2D eigenvalue weighted by Gasteiger charge is -2.30. The molecule has 0 aromatic carbocycles. The van der Waals surface area contributed by atoms with Gasteiger partial charge in [-0.05, 0) is 43.4 Å². The monoisotopic (exact) mass is 296 g/mol. The van der Waals surface area contributed by atoms with Gasteiger partial charge in [-0.3, -0.25) is 4.79 Å². The Morgan fingerprint density at radius 3 is 2.00 bits per heavy atom. The van der Waals surface area contributed by atoms with Crippen LogP contribution in [0.3, 0.4) is 0 Å². The van der Waals surface area contributed by atoms with E-state index in [0.717, 1.165) is 0 Å². The van der Waals surface area contributed by atoms with E-state index in [0.29, 0.717) is 25.7 Å². The van der Waals surface area contributed by atoms with Crippen LogP contribution in [0, 0.1) is 11.3 Å². The van der Waals surface area contributed by atoms with Crippen LogP contribution in [0.2, 0.25) is 0 Å². The Hall–Kier alpha value is -0.310. The van der Waals surface area contributed by atoms with E-state index in [2.05, 4.69) is 0 Å². The minimum absolute atomic E-state index is 0.0448. The molecule has 104 valence electrons. The van der Waals surface area contributed by atoms with Gasteiger partial charge in [-0.2, -0.15) is 0 Å². The van der Waals surface area contributed by atoms with Gasteiger partial charge in [-0.25, -0.2) is 8.42 Å². The molecule has 0 aromatic heterocycles. The van der Waals surface area contributed by atoms with Crippen molar-refractivity contribution >= 4 is 28.1 Å². The molecule has 0 radical (unpaired) electrons. The molecular formula is C10H16O6S2.